The first kappa shape index (κ1) is 26.0. The van der Waals surface area contributed by atoms with E-state index in [1.807, 2.05) is 62.9 Å². The molecule has 2 aromatic rings. The van der Waals surface area contributed by atoms with E-state index in [2.05, 4.69) is 31.5 Å². The summed E-state index contributed by atoms with van der Waals surface area (Å²) in [7, 11) is 1.54. The van der Waals surface area contributed by atoms with Crippen LogP contribution in [0.4, 0.5) is 11.4 Å². The minimum Gasteiger partial charge on any atom is -0.496 e. The van der Waals surface area contributed by atoms with Gasteiger partial charge < -0.3 is 19.9 Å². The van der Waals surface area contributed by atoms with Crippen LogP contribution in [0, 0.1) is 12.3 Å². The van der Waals surface area contributed by atoms with Gasteiger partial charge in [0.05, 0.1) is 12.7 Å². The normalized spacial score (nSPS) is 13.9. The van der Waals surface area contributed by atoms with Crippen LogP contribution in [-0.4, -0.2) is 55.1 Å². The summed E-state index contributed by atoms with van der Waals surface area (Å²) in [5.74, 6) is 0.355. The van der Waals surface area contributed by atoms with Crippen molar-refractivity contribution in [3.8, 4) is 5.75 Å². The molecule has 0 bridgehead atoms. The molecule has 2 amide bonds. The Balaban J connectivity index is 1.57. The van der Waals surface area contributed by atoms with Gasteiger partial charge in [-0.1, -0.05) is 36.7 Å². The fourth-order valence-corrected chi connectivity index (χ4v) is 4.68. The van der Waals surface area contributed by atoms with E-state index in [9.17, 15) is 9.59 Å². The van der Waals surface area contributed by atoms with Crippen molar-refractivity contribution in [2.75, 3.05) is 43.5 Å². The largest absolute Gasteiger partial charge is 0.496 e. The van der Waals surface area contributed by atoms with Gasteiger partial charge in [0.15, 0.2) is 5.11 Å². The molecular weight excluding hydrogens is 516 g/mol. The summed E-state index contributed by atoms with van der Waals surface area (Å²) in [6.07, 6.45) is 0. The second-order valence-electron chi connectivity index (χ2n) is 9.29. The minimum atomic E-state index is -0.357. The minimum absolute atomic E-state index is 0.192. The highest BCUT2D eigenvalue weighted by atomic mass is 79.9. The highest BCUT2D eigenvalue weighted by molar-refractivity contribution is 9.10. The predicted octanol–water partition coefficient (Wildman–Crippen LogP) is 4.59. The Labute approximate surface area is 215 Å². The van der Waals surface area contributed by atoms with Gasteiger partial charge in [0.1, 0.15) is 5.75 Å². The van der Waals surface area contributed by atoms with E-state index in [4.69, 9.17) is 17.0 Å². The van der Waals surface area contributed by atoms with Crippen LogP contribution < -0.4 is 20.3 Å². The van der Waals surface area contributed by atoms with Gasteiger partial charge in [0, 0.05) is 47.4 Å². The summed E-state index contributed by atoms with van der Waals surface area (Å²) in [6.45, 7) is 10.7. The van der Waals surface area contributed by atoms with Crippen LogP contribution in [0.3, 0.4) is 0 Å². The maximum atomic E-state index is 12.8. The number of rotatable bonds is 4. The molecule has 0 atom stereocenters. The van der Waals surface area contributed by atoms with E-state index in [0.29, 0.717) is 24.4 Å². The molecule has 1 fully saturated rings. The number of methoxy groups -OCH3 is 1. The third kappa shape index (κ3) is 6.27. The predicted molar refractivity (Wildman–Crippen MR) is 144 cm³/mol. The number of nitrogens with one attached hydrogen (secondary N) is 2. The molecule has 0 spiro atoms. The van der Waals surface area contributed by atoms with Crippen LogP contribution in [0.2, 0.25) is 0 Å². The summed E-state index contributed by atoms with van der Waals surface area (Å²) in [6, 6.07) is 11.4. The fraction of sp³-hybridized carbons (Fsp3) is 0.400. The third-order valence-corrected chi connectivity index (χ3v) is 6.28. The van der Waals surface area contributed by atoms with Crippen LogP contribution in [0.25, 0.3) is 0 Å². The monoisotopic (exact) mass is 546 g/mol. The maximum absolute atomic E-state index is 12.8. The van der Waals surface area contributed by atoms with Crippen molar-refractivity contribution >= 4 is 56.4 Å². The van der Waals surface area contributed by atoms with Gasteiger partial charge in [-0.25, -0.2) is 0 Å². The number of thiocarbonyl (C=S) groups is 1. The zero-order valence-corrected chi connectivity index (χ0v) is 22.6. The number of hydrogen-bond donors (Lipinski definition) is 2. The summed E-state index contributed by atoms with van der Waals surface area (Å²) in [4.78, 5) is 29.4. The first-order valence-corrected chi connectivity index (χ1v) is 12.3. The lowest BCUT2D eigenvalue weighted by atomic mass is 9.94. The number of halogens is 1. The van der Waals surface area contributed by atoms with Gasteiger partial charge in [-0.3, -0.25) is 14.9 Å². The molecule has 1 aliphatic rings. The molecule has 0 saturated carbocycles. The van der Waals surface area contributed by atoms with Crippen LogP contribution in [0.1, 0.15) is 36.7 Å². The first-order chi connectivity index (χ1) is 16.0. The summed E-state index contributed by atoms with van der Waals surface area (Å²) < 4.78 is 6.17. The summed E-state index contributed by atoms with van der Waals surface area (Å²) in [5, 5.41) is 5.97. The quantitative estimate of drug-likeness (QED) is 0.546. The molecule has 0 radical (unpaired) electrons. The number of carbonyl (C=O) groups excluding carboxylic acids is 2. The van der Waals surface area contributed by atoms with Crippen molar-refractivity contribution in [2.24, 2.45) is 5.41 Å². The van der Waals surface area contributed by atoms with Crippen molar-refractivity contribution in [1.29, 1.82) is 0 Å². The lowest BCUT2D eigenvalue weighted by Gasteiger charge is -2.38. The molecule has 3 rings (SSSR count). The Morgan fingerprint density at radius 1 is 1.06 bits per heavy atom. The smallest absolute Gasteiger partial charge is 0.261 e. The summed E-state index contributed by atoms with van der Waals surface area (Å²) in [5.41, 5.74) is 2.74. The molecule has 2 N–H and O–H groups in total. The van der Waals surface area contributed by atoms with Gasteiger partial charge in [-0.05, 0) is 61.1 Å². The maximum Gasteiger partial charge on any atom is 0.261 e. The number of aryl methyl sites for hydroxylation is 1. The van der Waals surface area contributed by atoms with E-state index in [1.165, 1.54) is 7.11 Å². The lowest BCUT2D eigenvalue weighted by molar-refractivity contribution is -0.139. The molecule has 34 heavy (non-hydrogen) atoms. The average molecular weight is 548 g/mol. The highest BCUT2D eigenvalue weighted by Gasteiger charge is 2.29. The molecule has 1 heterocycles. The van der Waals surface area contributed by atoms with Gasteiger partial charge in [-0.2, -0.15) is 0 Å². The second-order valence-corrected chi connectivity index (χ2v) is 10.6. The van der Waals surface area contributed by atoms with Gasteiger partial charge in [0.2, 0.25) is 5.91 Å². The van der Waals surface area contributed by atoms with Crippen molar-refractivity contribution in [2.45, 2.75) is 27.7 Å². The van der Waals surface area contributed by atoms with Gasteiger partial charge in [-0.15, -0.1) is 0 Å². The lowest BCUT2D eigenvalue weighted by Crippen LogP contribution is -2.51. The topological polar surface area (TPSA) is 73.9 Å². The van der Waals surface area contributed by atoms with Crippen LogP contribution in [0.15, 0.2) is 40.9 Å². The Morgan fingerprint density at radius 3 is 2.24 bits per heavy atom. The molecule has 1 saturated heterocycles. The Hall–Kier alpha value is -2.65. The fourth-order valence-electron chi connectivity index (χ4n) is 3.90. The van der Waals surface area contributed by atoms with Crippen molar-refractivity contribution in [3.63, 3.8) is 0 Å². The second kappa shape index (κ2) is 10.7. The molecule has 7 nitrogen and oxygen atoms in total. The molecule has 9 heteroatoms. The van der Waals surface area contributed by atoms with E-state index < -0.39 is 0 Å². The van der Waals surface area contributed by atoms with E-state index in [1.54, 1.807) is 6.07 Å². The zero-order chi connectivity index (χ0) is 25.0. The molecular formula is C25H31BrN4O3S. The Bertz CT molecular complexity index is 1070. The Kier molecular flexibility index (Phi) is 8.20. The molecule has 0 aliphatic carbocycles. The number of piperazine rings is 1. The number of benzene rings is 2. The number of nitrogens with zero attached hydrogens (tertiary/aromatic N) is 2. The van der Waals surface area contributed by atoms with Gasteiger partial charge in [0.25, 0.3) is 5.91 Å². The molecule has 2 aromatic carbocycles. The highest BCUT2D eigenvalue weighted by Crippen LogP contribution is 2.28. The zero-order valence-electron chi connectivity index (χ0n) is 20.2. The number of amides is 2. The molecule has 1 aliphatic heterocycles. The molecule has 0 unspecified atom stereocenters. The van der Waals surface area contributed by atoms with E-state index in [-0.39, 0.29) is 22.3 Å². The SMILES string of the molecule is COc1c(C)cc(Br)cc1C(=O)NC(=S)Nc1ccc(N2CCN(C(=O)C(C)(C)C)CC2)cc1. The van der Waals surface area contributed by atoms with Crippen LogP contribution >= 0.6 is 28.1 Å². The first-order valence-electron chi connectivity index (χ1n) is 11.1. The molecule has 182 valence electrons. The Morgan fingerprint density at radius 2 is 1.68 bits per heavy atom. The van der Waals surface area contributed by atoms with E-state index in [0.717, 1.165) is 34.5 Å². The molecule has 0 aromatic heterocycles. The van der Waals surface area contributed by atoms with Crippen molar-refractivity contribution < 1.29 is 14.3 Å². The number of anilines is 2. The third-order valence-electron chi connectivity index (χ3n) is 5.61. The van der Waals surface area contributed by atoms with Crippen LogP contribution in [0.5, 0.6) is 5.75 Å². The standard InChI is InChI=1S/C25H31BrN4O3S/c1-16-14-17(26)15-20(21(16)33-5)22(31)28-24(34)27-18-6-8-19(9-7-18)29-10-12-30(13-11-29)23(32)25(2,3)4/h6-9,14-15H,10-13H2,1-5H3,(H2,27,28,31,34). The number of carbonyl (C=O) groups is 2. The van der Waals surface area contributed by atoms with Crippen molar-refractivity contribution in [1.82, 2.24) is 10.2 Å². The number of ether oxygens (including phenoxy) is 1. The van der Waals surface area contributed by atoms with Crippen LogP contribution in [-0.2, 0) is 4.79 Å². The van der Waals surface area contributed by atoms with Gasteiger partial charge >= 0.3 is 0 Å². The summed E-state index contributed by atoms with van der Waals surface area (Å²) >= 11 is 8.75. The van der Waals surface area contributed by atoms with E-state index >= 15 is 0 Å². The number of hydrogen-bond acceptors (Lipinski definition) is 5. The van der Waals surface area contributed by atoms with Crippen molar-refractivity contribution in [3.05, 3.63) is 52.0 Å². The average Bonchev–Trinajstić information content (AvgIpc) is 2.78.